The fraction of sp³-hybridized carbons (Fsp3) is 0.400. The number of hydrogen-bond acceptors (Lipinski definition) is 4. The van der Waals surface area contributed by atoms with Gasteiger partial charge in [0.1, 0.15) is 18.6 Å². The number of aliphatic carboxylic acids is 1. The second-order valence-electron chi connectivity index (χ2n) is 8.60. The Kier molecular flexibility index (Phi) is 6.29. The van der Waals surface area contributed by atoms with Crippen molar-refractivity contribution in [1.82, 2.24) is 10.2 Å². The third-order valence-corrected chi connectivity index (χ3v) is 6.73. The Labute approximate surface area is 195 Å². The lowest BCUT2D eigenvalue weighted by Gasteiger charge is -2.25. The van der Waals surface area contributed by atoms with Gasteiger partial charge in [-0.1, -0.05) is 48.5 Å². The third kappa shape index (κ3) is 4.10. The Morgan fingerprint density at radius 1 is 1.09 bits per heavy atom. The number of carboxylic acids is 1. The molecule has 0 saturated heterocycles. The standard InChI is InChI=1S/C25H26F2N2O5/c1-3-29(14(2)23(31)32)22(30)21-20(25(21,26)27)12-28-24(33)34-13-19-17-10-6-4-8-15(17)16-9-5-7-11-18(16)19/h4-11,14,19-21H,3,12-13H2,1-2H3,(H,28,33)(H,31,32). The summed E-state index contributed by atoms with van der Waals surface area (Å²) in [6.45, 7) is 2.39. The number of nitrogens with zero attached hydrogens (tertiary/aromatic N) is 1. The van der Waals surface area contributed by atoms with E-state index < -0.39 is 48.3 Å². The quantitative estimate of drug-likeness (QED) is 0.611. The Morgan fingerprint density at radius 2 is 1.65 bits per heavy atom. The molecule has 0 radical (unpaired) electrons. The van der Waals surface area contributed by atoms with Crippen molar-refractivity contribution >= 4 is 18.0 Å². The molecule has 4 rings (SSSR count). The summed E-state index contributed by atoms with van der Waals surface area (Å²) in [6.07, 6.45) is -0.845. The van der Waals surface area contributed by atoms with Crippen LogP contribution in [0.1, 0.15) is 30.9 Å². The molecule has 1 fully saturated rings. The second-order valence-corrected chi connectivity index (χ2v) is 8.60. The Bertz CT molecular complexity index is 1080. The summed E-state index contributed by atoms with van der Waals surface area (Å²) in [5, 5.41) is 11.5. The summed E-state index contributed by atoms with van der Waals surface area (Å²) >= 11 is 0. The molecule has 34 heavy (non-hydrogen) atoms. The lowest BCUT2D eigenvalue weighted by atomic mass is 9.98. The minimum atomic E-state index is -3.32. The van der Waals surface area contributed by atoms with Gasteiger partial charge in [0.2, 0.25) is 5.91 Å². The Balaban J connectivity index is 1.34. The number of fused-ring (bicyclic) bond motifs is 3. The first-order valence-electron chi connectivity index (χ1n) is 11.2. The summed E-state index contributed by atoms with van der Waals surface area (Å²) in [6, 6.07) is 14.4. The van der Waals surface area contributed by atoms with Crippen LogP contribution in [0.4, 0.5) is 13.6 Å². The minimum Gasteiger partial charge on any atom is -0.480 e. The van der Waals surface area contributed by atoms with Gasteiger partial charge in [-0.15, -0.1) is 0 Å². The molecule has 0 bridgehead atoms. The van der Waals surface area contributed by atoms with Gasteiger partial charge < -0.3 is 20.1 Å². The monoisotopic (exact) mass is 472 g/mol. The number of nitrogens with one attached hydrogen (secondary N) is 1. The topological polar surface area (TPSA) is 95.9 Å². The first-order valence-corrected chi connectivity index (χ1v) is 11.2. The molecule has 2 amide bonds. The van der Waals surface area contributed by atoms with Crippen LogP contribution in [0.2, 0.25) is 0 Å². The van der Waals surface area contributed by atoms with Crippen molar-refractivity contribution in [1.29, 1.82) is 0 Å². The summed E-state index contributed by atoms with van der Waals surface area (Å²) in [5.41, 5.74) is 4.20. The average Bonchev–Trinajstić information content (AvgIpc) is 3.22. The fourth-order valence-electron chi connectivity index (χ4n) is 4.76. The number of carbonyl (C=O) groups is 3. The van der Waals surface area contributed by atoms with Gasteiger partial charge in [0, 0.05) is 19.0 Å². The number of alkyl carbamates (subject to hydrolysis) is 1. The van der Waals surface area contributed by atoms with Crippen molar-refractivity contribution in [3.8, 4) is 11.1 Å². The largest absolute Gasteiger partial charge is 0.480 e. The highest BCUT2D eigenvalue weighted by Gasteiger charge is 2.72. The molecule has 2 aromatic rings. The van der Waals surface area contributed by atoms with Crippen molar-refractivity contribution < 1.29 is 33.0 Å². The van der Waals surface area contributed by atoms with E-state index in [-0.39, 0.29) is 19.1 Å². The first-order chi connectivity index (χ1) is 16.2. The highest BCUT2D eigenvalue weighted by atomic mass is 19.3. The second kappa shape index (κ2) is 9.04. The number of carboxylic acid groups (broad SMARTS) is 1. The van der Waals surface area contributed by atoms with E-state index in [1.165, 1.54) is 13.8 Å². The van der Waals surface area contributed by atoms with E-state index in [1.807, 2.05) is 48.5 Å². The van der Waals surface area contributed by atoms with Crippen LogP contribution in [0, 0.1) is 11.8 Å². The lowest BCUT2D eigenvalue weighted by molar-refractivity contribution is -0.150. The van der Waals surface area contributed by atoms with Gasteiger partial charge in [0.05, 0.1) is 5.92 Å². The highest BCUT2D eigenvalue weighted by molar-refractivity contribution is 5.88. The maximum atomic E-state index is 14.3. The van der Waals surface area contributed by atoms with Crippen molar-refractivity contribution in [2.45, 2.75) is 31.7 Å². The van der Waals surface area contributed by atoms with Crippen molar-refractivity contribution in [2.24, 2.45) is 11.8 Å². The van der Waals surface area contributed by atoms with Crippen molar-refractivity contribution in [3.63, 3.8) is 0 Å². The summed E-state index contributed by atoms with van der Waals surface area (Å²) in [5.74, 6) is -8.75. The molecular weight excluding hydrogens is 446 g/mol. The Morgan fingerprint density at radius 3 is 2.18 bits per heavy atom. The zero-order valence-electron chi connectivity index (χ0n) is 18.8. The number of amides is 2. The summed E-state index contributed by atoms with van der Waals surface area (Å²) in [4.78, 5) is 36.9. The van der Waals surface area contributed by atoms with Gasteiger partial charge in [-0.3, -0.25) is 4.79 Å². The minimum absolute atomic E-state index is 0.00852. The normalized spacial score (nSPS) is 20.6. The van der Waals surface area contributed by atoms with E-state index in [9.17, 15) is 23.2 Å². The molecule has 0 spiro atoms. The zero-order chi connectivity index (χ0) is 24.6. The number of halogens is 2. The van der Waals surface area contributed by atoms with Gasteiger partial charge in [0.15, 0.2) is 0 Å². The molecule has 2 N–H and O–H groups in total. The molecule has 180 valence electrons. The SMILES string of the molecule is CCN(C(=O)C1C(CNC(=O)OCC2c3ccccc3-c3ccccc32)C1(F)F)C(C)C(=O)O. The number of likely N-dealkylation sites (N-methyl/N-ethyl adjacent to an activating group) is 1. The van der Waals surface area contributed by atoms with Gasteiger partial charge in [-0.25, -0.2) is 18.4 Å². The molecule has 3 unspecified atom stereocenters. The van der Waals surface area contributed by atoms with Gasteiger partial charge in [-0.2, -0.15) is 0 Å². The van der Waals surface area contributed by atoms with Crippen LogP contribution < -0.4 is 5.32 Å². The van der Waals surface area contributed by atoms with E-state index in [2.05, 4.69) is 5.32 Å². The van der Waals surface area contributed by atoms with Crippen molar-refractivity contribution in [2.75, 3.05) is 19.7 Å². The predicted molar refractivity (Wildman–Crippen MR) is 119 cm³/mol. The van der Waals surface area contributed by atoms with Crippen LogP contribution in [-0.4, -0.2) is 59.6 Å². The highest BCUT2D eigenvalue weighted by Crippen LogP contribution is 2.55. The van der Waals surface area contributed by atoms with Crippen LogP contribution >= 0.6 is 0 Å². The van der Waals surface area contributed by atoms with Crippen LogP contribution in [0.5, 0.6) is 0 Å². The molecule has 7 nitrogen and oxygen atoms in total. The van der Waals surface area contributed by atoms with Gasteiger partial charge in [-0.05, 0) is 36.1 Å². The van der Waals surface area contributed by atoms with E-state index >= 15 is 0 Å². The third-order valence-electron chi connectivity index (χ3n) is 6.73. The number of carbonyl (C=O) groups excluding carboxylic acids is 2. The molecule has 2 aliphatic carbocycles. The number of rotatable bonds is 8. The van der Waals surface area contributed by atoms with Crippen LogP contribution in [0.3, 0.4) is 0 Å². The fourth-order valence-corrected chi connectivity index (χ4v) is 4.76. The molecule has 2 aliphatic rings. The molecule has 2 aromatic carbocycles. The maximum absolute atomic E-state index is 14.3. The first kappa shape index (κ1) is 23.7. The van der Waals surface area contributed by atoms with E-state index in [0.29, 0.717) is 0 Å². The molecule has 0 aromatic heterocycles. The van der Waals surface area contributed by atoms with Crippen molar-refractivity contribution in [3.05, 3.63) is 59.7 Å². The number of benzene rings is 2. The van der Waals surface area contributed by atoms with E-state index in [0.717, 1.165) is 27.2 Å². The average molecular weight is 472 g/mol. The van der Waals surface area contributed by atoms with Crippen LogP contribution in [-0.2, 0) is 14.3 Å². The van der Waals surface area contributed by atoms with Crippen LogP contribution in [0.25, 0.3) is 11.1 Å². The predicted octanol–water partition coefficient (Wildman–Crippen LogP) is 3.73. The van der Waals surface area contributed by atoms with Gasteiger partial charge >= 0.3 is 12.1 Å². The van der Waals surface area contributed by atoms with Crippen LogP contribution in [0.15, 0.2) is 48.5 Å². The summed E-state index contributed by atoms with van der Waals surface area (Å²) in [7, 11) is 0. The maximum Gasteiger partial charge on any atom is 0.407 e. The number of hydrogen-bond donors (Lipinski definition) is 2. The number of ether oxygens (including phenoxy) is 1. The summed E-state index contributed by atoms with van der Waals surface area (Å²) < 4.78 is 33.9. The Hall–Kier alpha value is -3.49. The molecule has 0 aliphatic heterocycles. The molecule has 9 heteroatoms. The molecule has 3 atom stereocenters. The molecule has 0 heterocycles. The molecule has 1 saturated carbocycles. The van der Waals surface area contributed by atoms with Gasteiger partial charge in [0.25, 0.3) is 5.92 Å². The smallest absolute Gasteiger partial charge is 0.407 e. The van der Waals surface area contributed by atoms with E-state index in [4.69, 9.17) is 9.84 Å². The zero-order valence-corrected chi connectivity index (χ0v) is 18.8. The number of alkyl halides is 2. The lowest BCUT2D eigenvalue weighted by Crippen LogP contribution is -2.44. The molecular formula is C25H26F2N2O5. The van der Waals surface area contributed by atoms with E-state index in [1.54, 1.807) is 0 Å².